The predicted molar refractivity (Wildman–Crippen MR) is 73.8 cm³/mol. The molecular formula is C15H17F2N3O. The number of aromatic nitrogens is 2. The number of nitrogens with zero attached hydrogens (tertiary/aromatic N) is 1. The molecule has 4 nitrogen and oxygen atoms in total. The maximum absolute atomic E-state index is 14.1. The van der Waals surface area contributed by atoms with Gasteiger partial charge >= 0.3 is 0 Å². The normalized spacial score (nSPS) is 32.0. The summed E-state index contributed by atoms with van der Waals surface area (Å²) in [4.78, 5) is 0. The Morgan fingerprint density at radius 2 is 2.19 bits per heavy atom. The van der Waals surface area contributed by atoms with Gasteiger partial charge in [0.15, 0.2) is 0 Å². The Morgan fingerprint density at radius 3 is 2.95 bits per heavy atom. The van der Waals surface area contributed by atoms with Gasteiger partial charge in [0.05, 0.1) is 10.9 Å². The Morgan fingerprint density at radius 1 is 1.33 bits per heavy atom. The van der Waals surface area contributed by atoms with E-state index in [0.29, 0.717) is 16.5 Å². The Bertz CT molecular complexity index is 684. The lowest BCUT2D eigenvalue weighted by atomic mass is 9.70. The third kappa shape index (κ3) is 1.63. The van der Waals surface area contributed by atoms with Gasteiger partial charge in [-0.05, 0) is 25.0 Å². The molecule has 2 aliphatic rings. The van der Waals surface area contributed by atoms with Crippen LogP contribution in [0.5, 0.6) is 0 Å². The van der Waals surface area contributed by atoms with Crippen molar-refractivity contribution in [1.29, 1.82) is 0 Å². The average molecular weight is 293 g/mol. The van der Waals surface area contributed by atoms with Crippen molar-refractivity contribution in [3.8, 4) is 0 Å². The monoisotopic (exact) mass is 293 g/mol. The predicted octanol–water partition coefficient (Wildman–Crippen LogP) is 2.45. The van der Waals surface area contributed by atoms with Crippen LogP contribution in [0.25, 0.3) is 10.9 Å². The third-order valence-corrected chi connectivity index (χ3v) is 5.12. The zero-order valence-corrected chi connectivity index (χ0v) is 11.7. The van der Waals surface area contributed by atoms with Crippen LogP contribution in [0, 0.1) is 17.7 Å². The first-order chi connectivity index (χ1) is 10.2. The summed E-state index contributed by atoms with van der Waals surface area (Å²) in [6, 6.07) is 2.76. The van der Waals surface area contributed by atoms with E-state index in [0.717, 1.165) is 25.8 Å². The van der Waals surface area contributed by atoms with Gasteiger partial charge in [0.25, 0.3) is 0 Å². The molecule has 0 spiro atoms. The Balaban J connectivity index is 2.02. The molecule has 2 bridgehead atoms. The molecular weight excluding hydrogens is 276 g/mol. The topological polar surface area (TPSA) is 49.9 Å². The van der Waals surface area contributed by atoms with Gasteiger partial charge in [-0.2, -0.15) is 4.39 Å². The number of halogens is 2. The summed E-state index contributed by atoms with van der Waals surface area (Å²) in [5.41, 5.74) is 0.276. The lowest BCUT2D eigenvalue weighted by Crippen LogP contribution is -2.47. The molecule has 2 N–H and O–H groups in total. The molecule has 3 unspecified atom stereocenters. The number of aromatic amines is 1. The van der Waals surface area contributed by atoms with E-state index in [1.807, 2.05) is 0 Å². The highest BCUT2D eigenvalue weighted by Crippen LogP contribution is 2.50. The Labute approximate surface area is 120 Å². The minimum Gasteiger partial charge on any atom is -0.372 e. The van der Waals surface area contributed by atoms with Gasteiger partial charge in [-0.25, -0.2) is 4.39 Å². The second-order valence-corrected chi connectivity index (χ2v) is 5.98. The molecule has 1 saturated heterocycles. The van der Waals surface area contributed by atoms with E-state index >= 15 is 0 Å². The first kappa shape index (κ1) is 13.2. The van der Waals surface area contributed by atoms with Crippen molar-refractivity contribution in [2.24, 2.45) is 5.92 Å². The Hall–Kier alpha value is -1.53. The van der Waals surface area contributed by atoms with Gasteiger partial charge in [0.2, 0.25) is 5.95 Å². The molecule has 1 aromatic heterocycles. The zero-order valence-electron chi connectivity index (χ0n) is 11.7. The van der Waals surface area contributed by atoms with E-state index in [4.69, 9.17) is 4.74 Å². The molecule has 2 aromatic rings. The van der Waals surface area contributed by atoms with Crippen molar-refractivity contribution in [3.05, 3.63) is 29.5 Å². The third-order valence-electron chi connectivity index (χ3n) is 5.12. The van der Waals surface area contributed by atoms with E-state index in [-0.39, 0.29) is 12.0 Å². The summed E-state index contributed by atoms with van der Waals surface area (Å²) < 4.78 is 34.0. The number of hydrogen-bond donors (Lipinski definition) is 2. The van der Waals surface area contributed by atoms with Crippen LogP contribution in [0.2, 0.25) is 0 Å². The maximum atomic E-state index is 14.1. The van der Waals surface area contributed by atoms with E-state index < -0.39 is 17.4 Å². The van der Waals surface area contributed by atoms with Crippen molar-refractivity contribution < 1.29 is 13.5 Å². The first-order valence-electron chi connectivity index (χ1n) is 7.29. The molecule has 2 heterocycles. The van der Waals surface area contributed by atoms with E-state index in [1.54, 1.807) is 7.11 Å². The maximum Gasteiger partial charge on any atom is 0.240 e. The fraction of sp³-hybridized carbons (Fsp3) is 0.533. The quantitative estimate of drug-likeness (QED) is 0.894. The summed E-state index contributed by atoms with van der Waals surface area (Å²) in [5.74, 6) is -0.774. The number of H-pyrrole nitrogens is 1. The SMILES string of the molecule is COC1(c2cc(F)cc3[nH]nc(F)c23)C2CCCC1NC2. The van der Waals surface area contributed by atoms with Crippen LogP contribution in [-0.4, -0.2) is 29.9 Å². The van der Waals surface area contributed by atoms with Gasteiger partial charge < -0.3 is 10.1 Å². The van der Waals surface area contributed by atoms with Crippen LogP contribution in [0.4, 0.5) is 8.78 Å². The number of ether oxygens (including phenoxy) is 1. The van der Waals surface area contributed by atoms with Crippen molar-refractivity contribution >= 4 is 10.9 Å². The summed E-state index contributed by atoms with van der Waals surface area (Å²) in [5, 5.41) is 9.95. The number of hydrogen-bond acceptors (Lipinski definition) is 3. The van der Waals surface area contributed by atoms with Crippen molar-refractivity contribution in [1.82, 2.24) is 15.5 Å². The van der Waals surface area contributed by atoms with Crippen LogP contribution < -0.4 is 5.32 Å². The molecule has 4 rings (SSSR count). The lowest BCUT2D eigenvalue weighted by Gasteiger charge is -2.42. The second kappa shape index (κ2) is 4.48. The van der Waals surface area contributed by atoms with Crippen LogP contribution >= 0.6 is 0 Å². The highest BCUT2D eigenvalue weighted by molar-refractivity contribution is 5.83. The number of rotatable bonds is 2. The van der Waals surface area contributed by atoms with E-state index in [9.17, 15) is 8.78 Å². The molecule has 3 atom stereocenters. The smallest absolute Gasteiger partial charge is 0.240 e. The summed E-state index contributed by atoms with van der Waals surface area (Å²) >= 11 is 0. The highest BCUT2D eigenvalue weighted by atomic mass is 19.1. The highest BCUT2D eigenvalue weighted by Gasteiger charge is 2.54. The summed E-state index contributed by atoms with van der Waals surface area (Å²) in [6.45, 7) is 0.815. The first-order valence-corrected chi connectivity index (χ1v) is 7.29. The molecule has 1 aliphatic heterocycles. The van der Waals surface area contributed by atoms with Crippen LogP contribution in [0.1, 0.15) is 24.8 Å². The van der Waals surface area contributed by atoms with Gasteiger partial charge in [0, 0.05) is 31.2 Å². The standard InChI is InChI=1S/C15H17F2N3O/c1-21-15(8-3-2-4-12(15)18-7-8)10-5-9(16)6-11-13(10)14(17)20-19-11/h5-6,8,12,18H,2-4,7H2,1H3,(H,19,20). The van der Waals surface area contributed by atoms with Crippen LogP contribution in [0.15, 0.2) is 12.1 Å². The Kier molecular flexibility index (Phi) is 2.81. The molecule has 1 aromatic carbocycles. The molecule has 2 fully saturated rings. The minimum atomic E-state index is -0.677. The number of benzene rings is 1. The molecule has 112 valence electrons. The summed E-state index contributed by atoms with van der Waals surface area (Å²) in [7, 11) is 1.63. The van der Waals surface area contributed by atoms with Crippen LogP contribution in [0.3, 0.4) is 0 Å². The zero-order chi connectivity index (χ0) is 14.6. The summed E-state index contributed by atoms with van der Waals surface area (Å²) in [6.07, 6.45) is 3.05. The molecule has 1 saturated carbocycles. The fourth-order valence-corrected chi connectivity index (χ4v) is 4.29. The van der Waals surface area contributed by atoms with Crippen LogP contribution in [-0.2, 0) is 10.3 Å². The fourth-order valence-electron chi connectivity index (χ4n) is 4.29. The molecule has 0 radical (unpaired) electrons. The molecule has 0 amide bonds. The average Bonchev–Trinajstić information content (AvgIpc) is 2.91. The van der Waals surface area contributed by atoms with Crippen molar-refractivity contribution in [3.63, 3.8) is 0 Å². The number of nitrogens with one attached hydrogen (secondary N) is 2. The molecule has 1 aliphatic carbocycles. The lowest BCUT2D eigenvalue weighted by molar-refractivity contribution is -0.0757. The second-order valence-electron chi connectivity index (χ2n) is 5.98. The van der Waals surface area contributed by atoms with Gasteiger partial charge in [0.1, 0.15) is 11.4 Å². The molecule has 6 heteroatoms. The minimum absolute atomic E-state index is 0.0838. The largest absolute Gasteiger partial charge is 0.372 e. The van der Waals surface area contributed by atoms with Crippen molar-refractivity contribution in [2.75, 3.05) is 13.7 Å². The van der Waals surface area contributed by atoms with Crippen molar-refractivity contribution in [2.45, 2.75) is 30.9 Å². The van der Waals surface area contributed by atoms with Gasteiger partial charge in [-0.3, -0.25) is 5.10 Å². The molecule has 21 heavy (non-hydrogen) atoms. The van der Waals surface area contributed by atoms with E-state index in [2.05, 4.69) is 15.5 Å². The number of fused-ring (bicyclic) bond motifs is 3. The van der Waals surface area contributed by atoms with Gasteiger partial charge in [-0.15, -0.1) is 5.10 Å². The number of methoxy groups -OCH3 is 1. The van der Waals surface area contributed by atoms with Gasteiger partial charge in [-0.1, -0.05) is 6.42 Å². The van der Waals surface area contributed by atoms with E-state index in [1.165, 1.54) is 12.1 Å².